The molecule has 0 aliphatic rings. The Hall–Kier alpha value is -2.49. The molecule has 2 aromatic heterocycles. The first-order valence-electron chi connectivity index (χ1n) is 6.87. The van der Waals surface area contributed by atoms with E-state index in [2.05, 4.69) is 21.4 Å². The molecule has 0 spiro atoms. The first-order valence-corrected chi connectivity index (χ1v) is 6.87. The minimum atomic E-state index is -0.326. The number of nitrogens with one attached hydrogen (secondary N) is 1. The Morgan fingerprint density at radius 3 is 2.81 bits per heavy atom. The summed E-state index contributed by atoms with van der Waals surface area (Å²) in [7, 11) is 0. The van der Waals surface area contributed by atoms with Crippen LogP contribution >= 0.6 is 0 Å². The fourth-order valence-corrected chi connectivity index (χ4v) is 2.34. The number of halogens is 1. The number of pyridine rings is 2. The van der Waals surface area contributed by atoms with E-state index in [1.165, 1.54) is 12.3 Å². The molecule has 0 radical (unpaired) electrons. The fourth-order valence-electron chi connectivity index (χ4n) is 2.34. The van der Waals surface area contributed by atoms with Crippen molar-refractivity contribution in [1.29, 1.82) is 0 Å². The third kappa shape index (κ3) is 2.84. The Balaban J connectivity index is 1.96. The maximum absolute atomic E-state index is 13.3. The number of anilines is 1. The van der Waals surface area contributed by atoms with Gasteiger partial charge < -0.3 is 5.32 Å². The van der Waals surface area contributed by atoms with Crippen molar-refractivity contribution in [1.82, 2.24) is 9.97 Å². The second-order valence-corrected chi connectivity index (χ2v) is 5.13. The van der Waals surface area contributed by atoms with Crippen LogP contribution in [-0.2, 0) is 0 Å². The van der Waals surface area contributed by atoms with Crippen molar-refractivity contribution in [3.05, 3.63) is 65.9 Å². The molecule has 4 heteroatoms. The van der Waals surface area contributed by atoms with Crippen molar-refractivity contribution < 1.29 is 4.39 Å². The number of rotatable bonds is 3. The van der Waals surface area contributed by atoms with Gasteiger partial charge in [0.05, 0.1) is 23.4 Å². The monoisotopic (exact) mass is 281 g/mol. The van der Waals surface area contributed by atoms with Gasteiger partial charge in [-0.25, -0.2) is 4.39 Å². The van der Waals surface area contributed by atoms with Gasteiger partial charge in [-0.3, -0.25) is 9.97 Å². The first-order chi connectivity index (χ1) is 10.1. The second kappa shape index (κ2) is 5.48. The summed E-state index contributed by atoms with van der Waals surface area (Å²) in [6.45, 7) is 3.95. The zero-order valence-corrected chi connectivity index (χ0v) is 12.0. The summed E-state index contributed by atoms with van der Waals surface area (Å²) in [5.74, 6) is -0.326. The number of aromatic nitrogens is 2. The molecule has 3 aromatic rings. The first kappa shape index (κ1) is 13.5. The molecule has 0 bridgehead atoms. The van der Waals surface area contributed by atoms with E-state index < -0.39 is 0 Å². The average Bonchev–Trinajstić information content (AvgIpc) is 2.48. The Bertz CT molecular complexity index is 786. The summed E-state index contributed by atoms with van der Waals surface area (Å²) in [6, 6.07) is 11.5. The van der Waals surface area contributed by atoms with Crippen molar-refractivity contribution >= 4 is 16.6 Å². The molecular formula is C17H16FN3. The second-order valence-electron chi connectivity index (χ2n) is 5.13. The van der Waals surface area contributed by atoms with Crippen LogP contribution in [0.15, 0.2) is 48.8 Å². The molecular weight excluding hydrogens is 265 g/mol. The van der Waals surface area contributed by atoms with E-state index in [4.69, 9.17) is 0 Å². The van der Waals surface area contributed by atoms with Crippen LogP contribution in [-0.4, -0.2) is 9.97 Å². The predicted molar refractivity (Wildman–Crippen MR) is 82.7 cm³/mol. The Morgan fingerprint density at radius 2 is 2.00 bits per heavy atom. The van der Waals surface area contributed by atoms with E-state index in [-0.39, 0.29) is 11.9 Å². The van der Waals surface area contributed by atoms with Gasteiger partial charge >= 0.3 is 0 Å². The zero-order valence-electron chi connectivity index (χ0n) is 12.0. The predicted octanol–water partition coefficient (Wildman–Crippen LogP) is 4.25. The van der Waals surface area contributed by atoms with Crippen molar-refractivity contribution in [3.63, 3.8) is 0 Å². The van der Waals surface area contributed by atoms with Gasteiger partial charge in [-0.1, -0.05) is 18.2 Å². The molecule has 3 nitrogen and oxygen atoms in total. The summed E-state index contributed by atoms with van der Waals surface area (Å²) in [4.78, 5) is 8.48. The van der Waals surface area contributed by atoms with E-state index >= 15 is 0 Å². The van der Waals surface area contributed by atoms with Crippen molar-refractivity contribution in [2.75, 3.05) is 5.32 Å². The lowest BCUT2D eigenvalue weighted by molar-refractivity contribution is 0.616. The molecule has 0 saturated carbocycles. The normalized spacial score (nSPS) is 12.3. The van der Waals surface area contributed by atoms with Crippen LogP contribution in [0.4, 0.5) is 10.1 Å². The molecule has 0 saturated heterocycles. The average molecular weight is 281 g/mol. The van der Waals surface area contributed by atoms with Crippen molar-refractivity contribution in [3.8, 4) is 0 Å². The standard InChI is InChI=1S/C17H16FN3/c1-11-6-7-13-4-3-5-16(17(13)20-11)21-12(2)14-8-15(18)10-19-9-14/h3-10,12,21H,1-2H3. The van der Waals surface area contributed by atoms with Crippen molar-refractivity contribution in [2.24, 2.45) is 0 Å². The maximum atomic E-state index is 13.3. The Kier molecular flexibility index (Phi) is 3.52. The Labute approximate surface area is 122 Å². The van der Waals surface area contributed by atoms with Crippen molar-refractivity contribution in [2.45, 2.75) is 19.9 Å². The van der Waals surface area contributed by atoms with Gasteiger partial charge in [-0.15, -0.1) is 0 Å². The summed E-state index contributed by atoms with van der Waals surface area (Å²) in [5, 5.41) is 4.47. The van der Waals surface area contributed by atoms with Crippen LogP contribution in [0, 0.1) is 12.7 Å². The molecule has 106 valence electrons. The van der Waals surface area contributed by atoms with Gasteiger partial charge in [0.1, 0.15) is 5.82 Å². The van der Waals surface area contributed by atoms with E-state index in [1.54, 1.807) is 6.20 Å². The third-order valence-corrected chi connectivity index (χ3v) is 3.46. The van der Waals surface area contributed by atoms with E-state index in [9.17, 15) is 4.39 Å². The number of fused-ring (bicyclic) bond motifs is 1. The highest BCUT2D eigenvalue weighted by Gasteiger charge is 2.09. The van der Waals surface area contributed by atoms with Crippen LogP contribution in [0.1, 0.15) is 24.2 Å². The molecule has 0 aliphatic carbocycles. The number of hydrogen-bond acceptors (Lipinski definition) is 3. The van der Waals surface area contributed by atoms with E-state index in [0.717, 1.165) is 27.8 Å². The fraction of sp³-hybridized carbons (Fsp3) is 0.176. The summed E-state index contributed by atoms with van der Waals surface area (Å²) in [5.41, 5.74) is 3.64. The molecule has 0 aliphatic heterocycles. The molecule has 1 unspecified atom stereocenters. The quantitative estimate of drug-likeness (QED) is 0.780. The lowest BCUT2D eigenvalue weighted by atomic mass is 10.1. The molecule has 1 atom stereocenters. The highest BCUT2D eigenvalue weighted by atomic mass is 19.1. The highest BCUT2D eigenvalue weighted by molar-refractivity contribution is 5.90. The van der Waals surface area contributed by atoms with Crippen LogP contribution in [0.3, 0.4) is 0 Å². The van der Waals surface area contributed by atoms with Gasteiger partial charge in [0.15, 0.2) is 0 Å². The largest absolute Gasteiger partial charge is 0.377 e. The Morgan fingerprint density at radius 1 is 1.14 bits per heavy atom. The number of aryl methyl sites for hydroxylation is 1. The van der Waals surface area contributed by atoms with Gasteiger partial charge in [0.25, 0.3) is 0 Å². The van der Waals surface area contributed by atoms with E-state index in [0.29, 0.717) is 0 Å². The van der Waals surface area contributed by atoms with Crippen LogP contribution < -0.4 is 5.32 Å². The lowest BCUT2D eigenvalue weighted by Gasteiger charge is -2.16. The molecule has 2 heterocycles. The molecule has 1 N–H and O–H groups in total. The van der Waals surface area contributed by atoms with Crippen LogP contribution in [0.2, 0.25) is 0 Å². The third-order valence-electron chi connectivity index (χ3n) is 3.46. The minimum absolute atomic E-state index is 0.0545. The SMILES string of the molecule is Cc1ccc2cccc(NC(C)c3cncc(F)c3)c2n1. The van der Waals surface area contributed by atoms with Crippen LogP contribution in [0.25, 0.3) is 10.9 Å². The van der Waals surface area contributed by atoms with Gasteiger partial charge in [0.2, 0.25) is 0 Å². The molecule has 3 rings (SSSR count). The molecule has 1 aromatic carbocycles. The van der Waals surface area contributed by atoms with Gasteiger partial charge in [0, 0.05) is 17.3 Å². The number of benzene rings is 1. The van der Waals surface area contributed by atoms with Gasteiger partial charge in [-0.2, -0.15) is 0 Å². The number of hydrogen-bond donors (Lipinski definition) is 1. The number of para-hydroxylation sites is 1. The molecule has 0 amide bonds. The maximum Gasteiger partial charge on any atom is 0.141 e. The minimum Gasteiger partial charge on any atom is -0.377 e. The van der Waals surface area contributed by atoms with Crippen LogP contribution in [0.5, 0.6) is 0 Å². The zero-order chi connectivity index (χ0) is 14.8. The lowest BCUT2D eigenvalue weighted by Crippen LogP contribution is -2.08. The van der Waals surface area contributed by atoms with E-state index in [1.807, 2.05) is 38.1 Å². The topological polar surface area (TPSA) is 37.8 Å². The summed E-state index contributed by atoms with van der Waals surface area (Å²) >= 11 is 0. The smallest absolute Gasteiger partial charge is 0.141 e. The molecule has 21 heavy (non-hydrogen) atoms. The van der Waals surface area contributed by atoms with Gasteiger partial charge in [-0.05, 0) is 37.6 Å². The highest BCUT2D eigenvalue weighted by Crippen LogP contribution is 2.26. The summed E-state index contributed by atoms with van der Waals surface area (Å²) < 4.78 is 13.3. The summed E-state index contributed by atoms with van der Waals surface area (Å²) in [6.07, 6.45) is 2.88. The molecule has 0 fully saturated rings. The number of nitrogens with zero attached hydrogens (tertiary/aromatic N) is 2.